The number of benzene rings is 1. The maximum atomic E-state index is 13.1. The Morgan fingerprint density at radius 2 is 2.04 bits per heavy atom. The topological polar surface area (TPSA) is 72.1 Å². The molecule has 28 heavy (non-hydrogen) atoms. The summed E-state index contributed by atoms with van der Waals surface area (Å²) in [7, 11) is 0. The summed E-state index contributed by atoms with van der Waals surface area (Å²) in [6, 6.07) is 9.66. The predicted octanol–water partition coefficient (Wildman–Crippen LogP) is 4.08. The van der Waals surface area contributed by atoms with Crippen molar-refractivity contribution in [2.45, 2.75) is 39.5 Å². The van der Waals surface area contributed by atoms with Gasteiger partial charge in [0, 0.05) is 36.8 Å². The molecule has 1 aliphatic heterocycles. The molecule has 144 valence electrons. The van der Waals surface area contributed by atoms with Crippen molar-refractivity contribution in [3.63, 3.8) is 0 Å². The molecule has 1 aromatic carbocycles. The molecule has 1 atom stereocenters. The number of aromatic nitrogens is 3. The van der Waals surface area contributed by atoms with Gasteiger partial charge in [0.25, 0.3) is 5.91 Å². The number of aryl methyl sites for hydroxylation is 3. The number of nitrogens with zero attached hydrogens (tertiary/aromatic N) is 4. The summed E-state index contributed by atoms with van der Waals surface area (Å²) in [5.74, 6) is 1.63. The Bertz CT molecular complexity index is 1010. The minimum atomic E-state index is 0.0886. The van der Waals surface area contributed by atoms with Gasteiger partial charge in [0.1, 0.15) is 5.82 Å². The van der Waals surface area contributed by atoms with E-state index in [0.29, 0.717) is 12.3 Å². The molecular weight excluding hydrogens is 352 g/mol. The Labute approximate surface area is 164 Å². The zero-order valence-electron chi connectivity index (χ0n) is 16.5. The molecule has 1 aliphatic rings. The normalized spacial score (nSPS) is 17.0. The maximum Gasteiger partial charge on any atom is 0.254 e. The first-order chi connectivity index (χ1) is 13.5. The van der Waals surface area contributed by atoms with Crippen molar-refractivity contribution in [3.8, 4) is 11.3 Å². The molecule has 0 spiro atoms. The second-order valence-corrected chi connectivity index (χ2v) is 7.45. The molecular formula is C22H24N4O2. The number of piperidine rings is 1. The largest absolute Gasteiger partial charge is 0.356 e. The third-order valence-electron chi connectivity index (χ3n) is 5.30. The standard InChI is InChI=1S/C22H24N4O2/c1-14-7-4-5-9-18(14)22(27)26-10-6-8-17(13-26)21-19(12-23-16(3)24-21)20-11-15(2)25-28-20/h4-5,7,9,11-12,17H,6,8,10,13H2,1-3H3. The van der Waals surface area contributed by atoms with Crippen LogP contribution < -0.4 is 0 Å². The van der Waals surface area contributed by atoms with Gasteiger partial charge in [0.2, 0.25) is 0 Å². The molecule has 6 nitrogen and oxygen atoms in total. The van der Waals surface area contributed by atoms with Gasteiger partial charge in [-0.05, 0) is 45.2 Å². The van der Waals surface area contributed by atoms with E-state index in [-0.39, 0.29) is 11.8 Å². The lowest BCUT2D eigenvalue weighted by atomic mass is 9.90. The highest BCUT2D eigenvalue weighted by molar-refractivity contribution is 5.95. The first-order valence-corrected chi connectivity index (χ1v) is 9.65. The highest BCUT2D eigenvalue weighted by atomic mass is 16.5. The van der Waals surface area contributed by atoms with Crippen LogP contribution in [0.4, 0.5) is 0 Å². The van der Waals surface area contributed by atoms with Gasteiger partial charge in [0.15, 0.2) is 5.76 Å². The number of hydrogen-bond donors (Lipinski definition) is 0. The van der Waals surface area contributed by atoms with Crippen LogP contribution in [0.1, 0.15) is 51.9 Å². The molecule has 0 saturated carbocycles. The van der Waals surface area contributed by atoms with Gasteiger partial charge < -0.3 is 9.42 Å². The first-order valence-electron chi connectivity index (χ1n) is 9.65. The van der Waals surface area contributed by atoms with Gasteiger partial charge >= 0.3 is 0 Å². The zero-order chi connectivity index (χ0) is 19.7. The summed E-state index contributed by atoms with van der Waals surface area (Å²) >= 11 is 0. The maximum absolute atomic E-state index is 13.1. The van der Waals surface area contributed by atoms with E-state index in [0.717, 1.165) is 53.3 Å². The molecule has 0 N–H and O–H groups in total. The lowest BCUT2D eigenvalue weighted by molar-refractivity contribution is 0.0705. The van der Waals surface area contributed by atoms with Crippen LogP contribution in [0.3, 0.4) is 0 Å². The van der Waals surface area contributed by atoms with Crippen molar-refractivity contribution < 1.29 is 9.32 Å². The Balaban J connectivity index is 1.64. The Morgan fingerprint density at radius 1 is 1.21 bits per heavy atom. The monoisotopic (exact) mass is 376 g/mol. The van der Waals surface area contributed by atoms with Crippen molar-refractivity contribution >= 4 is 5.91 Å². The van der Waals surface area contributed by atoms with E-state index < -0.39 is 0 Å². The second kappa shape index (κ2) is 7.54. The third-order valence-corrected chi connectivity index (χ3v) is 5.30. The highest BCUT2D eigenvalue weighted by Crippen LogP contribution is 2.33. The van der Waals surface area contributed by atoms with E-state index in [1.165, 1.54) is 0 Å². The highest BCUT2D eigenvalue weighted by Gasteiger charge is 2.29. The number of carbonyl (C=O) groups is 1. The SMILES string of the molecule is Cc1cc(-c2cnc(C)nc2C2CCCN(C(=O)c3ccccc3C)C2)on1. The van der Waals surface area contributed by atoms with Crippen LogP contribution in [0.15, 0.2) is 41.1 Å². The summed E-state index contributed by atoms with van der Waals surface area (Å²) in [6.07, 6.45) is 3.73. The summed E-state index contributed by atoms with van der Waals surface area (Å²) in [4.78, 5) is 24.1. The minimum absolute atomic E-state index is 0.0886. The number of rotatable bonds is 3. The average Bonchev–Trinajstić information content (AvgIpc) is 3.14. The Kier molecular flexibility index (Phi) is 4.94. The lowest BCUT2D eigenvalue weighted by Gasteiger charge is -2.33. The van der Waals surface area contributed by atoms with Gasteiger partial charge in [-0.15, -0.1) is 0 Å². The molecule has 2 aromatic heterocycles. The summed E-state index contributed by atoms with van der Waals surface area (Å²) in [5.41, 5.74) is 4.40. The van der Waals surface area contributed by atoms with Gasteiger partial charge in [-0.2, -0.15) is 0 Å². The summed E-state index contributed by atoms with van der Waals surface area (Å²) in [6.45, 7) is 7.17. The van der Waals surface area contributed by atoms with Crippen LogP contribution in [0.25, 0.3) is 11.3 Å². The molecule has 3 aromatic rings. The van der Waals surface area contributed by atoms with Crippen molar-refractivity contribution in [1.82, 2.24) is 20.0 Å². The molecule has 3 heterocycles. The van der Waals surface area contributed by atoms with Crippen LogP contribution in [-0.2, 0) is 0 Å². The van der Waals surface area contributed by atoms with Crippen molar-refractivity contribution in [1.29, 1.82) is 0 Å². The molecule has 0 aliphatic carbocycles. The summed E-state index contributed by atoms with van der Waals surface area (Å²) in [5, 5.41) is 4.00. The number of likely N-dealkylation sites (tertiary alicyclic amines) is 1. The molecule has 6 heteroatoms. The summed E-state index contributed by atoms with van der Waals surface area (Å²) < 4.78 is 5.47. The van der Waals surface area contributed by atoms with E-state index in [2.05, 4.69) is 10.1 Å². The predicted molar refractivity (Wildman–Crippen MR) is 106 cm³/mol. The fraction of sp³-hybridized carbons (Fsp3) is 0.364. The Morgan fingerprint density at radius 3 is 2.79 bits per heavy atom. The van der Waals surface area contributed by atoms with E-state index in [1.807, 2.05) is 56.0 Å². The van der Waals surface area contributed by atoms with Crippen LogP contribution >= 0.6 is 0 Å². The quantitative estimate of drug-likeness (QED) is 0.689. The number of carbonyl (C=O) groups excluding carboxylic acids is 1. The van der Waals surface area contributed by atoms with E-state index in [9.17, 15) is 4.79 Å². The number of hydrogen-bond acceptors (Lipinski definition) is 5. The lowest BCUT2D eigenvalue weighted by Crippen LogP contribution is -2.39. The zero-order valence-corrected chi connectivity index (χ0v) is 16.5. The van der Waals surface area contributed by atoms with Crippen molar-refractivity contribution in [2.75, 3.05) is 13.1 Å². The fourth-order valence-corrected chi connectivity index (χ4v) is 3.85. The van der Waals surface area contributed by atoms with Crippen molar-refractivity contribution in [3.05, 3.63) is 64.9 Å². The van der Waals surface area contributed by atoms with Gasteiger partial charge in [-0.25, -0.2) is 9.97 Å². The second-order valence-electron chi connectivity index (χ2n) is 7.45. The molecule has 1 fully saturated rings. The fourth-order valence-electron chi connectivity index (χ4n) is 3.85. The Hall–Kier alpha value is -3.02. The van der Waals surface area contributed by atoms with E-state index >= 15 is 0 Å². The van der Waals surface area contributed by atoms with E-state index in [1.54, 1.807) is 6.20 Å². The smallest absolute Gasteiger partial charge is 0.254 e. The number of amides is 1. The van der Waals surface area contributed by atoms with Crippen molar-refractivity contribution in [2.24, 2.45) is 0 Å². The van der Waals surface area contributed by atoms with Gasteiger partial charge in [-0.1, -0.05) is 23.4 Å². The third kappa shape index (κ3) is 3.54. The molecule has 0 radical (unpaired) electrons. The minimum Gasteiger partial charge on any atom is -0.356 e. The van der Waals surface area contributed by atoms with E-state index in [4.69, 9.17) is 9.51 Å². The van der Waals surface area contributed by atoms with Crippen LogP contribution in [-0.4, -0.2) is 39.0 Å². The van der Waals surface area contributed by atoms with Crippen LogP contribution in [0.2, 0.25) is 0 Å². The molecule has 1 saturated heterocycles. The van der Waals surface area contributed by atoms with Gasteiger partial charge in [-0.3, -0.25) is 4.79 Å². The van der Waals surface area contributed by atoms with Gasteiger partial charge in [0.05, 0.1) is 17.0 Å². The first kappa shape index (κ1) is 18.3. The molecule has 1 amide bonds. The average molecular weight is 376 g/mol. The van der Waals surface area contributed by atoms with Crippen LogP contribution in [0.5, 0.6) is 0 Å². The molecule has 1 unspecified atom stereocenters. The molecule has 4 rings (SSSR count). The van der Waals surface area contributed by atoms with Crippen LogP contribution in [0, 0.1) is 20.8 Å². The molecule has 0 bridgehead atoms.